The lowest BCUT2D eigenvalue weighted by Crippen LogP contribution is -2.70. The summed E-state index contributed by atoms with van der Waals surface area (Å²) in [7, 11) is 2.88. The summed E-state index contributed by atoms with van der Waals surface area (Å²) in [4.78, 5) is 37.5. The van der Waals surface area contributed by atoms with Crippen LogP contribution in [0.5, 0.6) is 11.5 Å². The summed E-state index contributed by atoms with van der Waals surface area (Å²) in [5.74, 6) is -1.76. The molecule has 0 saturated carbocycles. The second kappa shape index (κ2) is 8.04. The number of ether oxygens (including phenoxy) is 2. The topological polar surface area (TPSA) is 97.0 Å². The Morgan fingerprint density at radius 2 is 1.73 bits per heavy atom. The van der Waals surface area contributed by atoms with E-state index in [2.05, 4.69) is 0 Å². The minimum Gasteiger partial charge on any atom is -0.493 e. The van der Waals surface area contributed by atoms with Crippen LogP contribution in [0, 0.1) is 5.41 Å². The van der Waals surface area contributed by atoms with Gasteiger partial charge < -0.3 is 14.8 Å². The second-order valence-electron chi connectivity index (χ2n) is 7.78. The zero-order chi connectivity index (χ0) is 22.9. The first kappa shape index (κ1) is 23.3. The molecule has 0 unspecified atom stereocenters. The molecule has 30 heavy (non-hydrogen) atoms. The number of amides is 4. The standard InChI is InChI=1S/C19H24F3N3O5/c1-17(2,3)14(26)23-18(19(20,21)22)15(27)25(16(28)24-18)9-8-11-6-7-12(29-4)13(10-11)30-5/h6-7,10H,8-9H2,1-5H3,(H,23,26)(H,24,28)/t18-/m0/s1. The van der Waals surface area contributed by atoms with Crippen LogP contribution in [-0.2, 0) is 16.0 Å². The minimum atomic E-state index is -5.24. The number of alkyl halides is 3. The van der Waals surface area contributed by atoms with Gasteiger partial charge in [-0.05, 0) is 24.1 Å². The first-order valence-corrected chi connectivity index (χ1v) is 9.01. The number of nitrogens with one attached hydrogen (secondary N) is 2. The molecule has 0 aliphatic carbocycles. The number of urea groups is 1. The van der Waals surface area contributed by atoms with E-state index in [1.165, 1.54) is 35.0 Å². The normalized spacial score (nSPS) is 19.5. The van der Waals surface area contributed by atoms with Crippen molar-refractivity contribution in [2.75, 3.05) is 20.8 Å². The molecule has 1 aromatic rings. The van der Waals surface area contributed by atoms with E-state index in [4.69, 9.17) is 9.47 Å². The predicted molar refractivity (Wildman–Crippen MR) is 99.9 cm³/mol. The lowest BCUT2D eigenvalue weighted by atomic mass is 9.94. The van der Waals surface area contributed by atoms with Crippen LogP contribution in [0.2, 0.25) is 0 Å². The highest BCUT2D eigenvalue weighted by atomic mass is 19.4. The summed E-state index contributed by atoms with van der Waals surface area (Å²) in [6.07, 6.45) is -5.17. The molecule has 11 heteroatoms. The third-order valence-corrected chi connectivity index (χ3v) is 4.58. The van der Waals surface area contributed by atoms with Crippen LogP contribution < -0.4 is 20.1 Å². The molecule has 1 aliphatic heterocycles. The molecule has 1 saturated heterocycles. The first-order chi connectivity index (χ1) is 13.8. The molecule has 0 bridgehead atoms. The molecule has 4 amide bonds. The molecule has 166 valence electrons. The number of nitrogens with zero attached hydrogens (tertiary/aromatic N) is 1. The number of halogens is 3. The van der Waals surface area contributed by atoms with Crippen LogP contribution >= 0.6 is 0 Å². The molecule has 1 heterocycles. The van der Waals surface area contributed by atoms with Crippen molar-refractivity contribution in [3.8, 4) is 11.5 Å². The van der Waals surface area contributed by atoms with E-state index < -0.39 is 35.1 Å². The van der Waals surface area contributed by atoms with Crippen LogP contribution in [0.15, 0.2) is 18.2 Å². The molecule has 0 radical (unpaired) electrons. The van der Waals surface area contributed by atoms with Crippen molar-refractivity contribution in [3.05, 3.63) is 23.8 Å². The van der Waals surface area contributed by atoms with E-state index in [1.54, 1.807) is 28.8 Å². The van der Waals surface area contributed by atoms with Crippen molar-refractivity contribution in [2.24, 2.45) is 5.41 Å². The second-order valence-corrected chi connectivity index (χ2v) is 7.78. The average Bonchev–Trinajstić information content (AvgIpc) is 2.89. The Labute approximate surface area is 171 Å². The van der Waals surface area contributed by atoms with Crippen LogP contribution in [0.1, 0.15) is 26.3 Å². The fourth-order valence-electron chi connectivity index (χ4n) is 2.76. The smallest absolute Gasteiger partial charge is 0.440 e. The third-order valence-electron chi connectivity index (χ3n) is 4.58. The van der Waals surface area contributed by atoms with Gasteiger partial charge in [-0.25, -0.2) is 4.79 Å². The maximum Gasteiger partial charge on any atom is 0.440 e. The summed E-state index contributed by atoms with van der Waals surface area (Å²) in [6.45, 7) is 3.84. The molecule has 0 spiro atoms. The van der Waals surface area contributed by atoms with E-state index in [9.17, 15) is 27.6 Å². The molecular formula is C19H24F3N3O5. The number of hydrogen-bond donors (Lipinski definition) is 2. The highest BCUT2D eigenvalue weighted by Gasteiger charge is 2.69. The molecule has 1 aliphatic rings. The highest BCUT2D eigenvalue weighted by molar-refractivity contribution is 6.09. The molecular weight excluding hydrogens is 407 g/mol. The van der Waals surface area contributed by atoms with Crippen molar-refractivity contribution in [2.45, 2.75) is 39.0 Å². The third kappa shape index (κ3) is 4.29. The number of carbonyl (C=O) groups excluding carboxylic acids is 3. The fourth-order valence-corrected chi connectivity index (χ4v) is 2.76. The number of carbonyl (C=O) groups is 3. The first-order valence-electron chi connectivity index (χ1n) is 9.01. The quantitative estimate of drug-likeness (QED) is 0.674. The van der Waals surface area contributed by atoms with E-state index in [0.717, 1.165) is 0 Å². The van der Waals surface area contributed by atoms with Gasteiger partial charge in [0.2, 0.25) is 5.91 Å². The van der Waals surface area contributed by atoms with Gasteiger partial charge in [0, 0.05) is 12.0 Å². The zero-order valence-corrected chi connectivity index (χ0v) is 17.3. The van der Waals surface area contributed by atoms with Gasteiger partial charge in [0.05, 0.1) is 14.2 Å². The largest absolute Gasteiger partial charge is 0.493 e. The lowest BCUT2D eigenvalue weighted by Gasteiger charge is -2.32. The van der Waals surface area contributed by atoms with E-state index in [-0.39, 0.29) is 13.0 Å². The van der Waals surface area contributed by atoms with Crippen LogP contribution in [0.25, 0.3) is 0 Å². The summed E-state index contributed by atoms with van der Waals surface area (Å²) in [5.41, 5.74) is -4.11. The Morgan fingerprint density at radius 3 is 2.23 bits per heavy atom. The van der Waals surface area contributed by atoms with Gasteiger partial charge in [-0.3, -0.25) is 19.8 Å². The predicted octanol–water partition coefficient (Wildman–Crippen LogP) is 2.22. The highest BCUT2D eigenvalue weighted by Crippen LogP contribution is 2.35. The van der Waals surface area contributed by atoms with Gasteiger partial charge in [0.1, 0.15) is 0 Å². The number of benzene rings is 1. The minimum absolute atomic E-state index is 0.0701. The molecule has 0 aromatic heterocycles. The van der Waals surface area contributed by atoms with Crippen molar-refractivity contribution in [1.29, 1.82) is 0 Å². The Morgan fingerprint density at radius 1 is 1.13 bits per heavy atom. The maximum atomic E-state index is 13.8. The summed E-state index contributed by atoms with van der Waals surface area (Å²) < 4.78 is 51.7. The van der Waals surface area contributed by atoms with Crippen LogP contribution in [-0.4, -0.2) is 55.3 Å². The van der Waals surface area contributed by atoms with Gasteiger partial charge in [0.25, 0.3) is 11.6 Å². The van der Waals surface area contributed by atoms with Gasteiger partial charge >= 0.3 is 12.2 Å². The maximum absolute atomic E-state index is 13.8. The summed E-state index contributed by atoms with van der Waals surface area (Å²) >= 11 is 0. The van der Waals surface area contributed by atoms with Gasteiger partial charge in [-0.1, -0.05) is 26.8 Å². The van der Waals surface area contributed by atoms with E-state index in [0.29, 0.717) is 22.0 Å². The molecule has 1 aromatic carbocycles. The van der Waals surface area contributed by atoms with Crippen molar-refractivity contribution < 1.29 is 37.0 Å². The van der Waals surface area contributed by atoms with Gasteiger partial charge in [-0.2, -0.15) is 13.2 Å². The van der Waals surface area contributed by atoms with Crippen molar-refractivity contribution in [3.63, 3.8) is 0 Å². The van der Waals surface area contributed by atoms with Crippen molar-refractivity contribution >= 4 is 17.8 Å². The van der Waals surface area contributed by atoms with E-state index in [1.807, 2.05) is 0 Å². The molecule has 1 fully saturated rings. The van der Waals surface area contributed by atoms with Crippen LogP contribution in [0.3, 0.4) is 0 Å². The van der Waals surface area contributed by atoms with Crippen molar-refractivity contribution in [1.82, 2.24) is 15.5 Å². The van der Waals surface area contributed by atoms with Crippen LogP contribution in [0.4, 0.5) is 18.0 Å². The Bertz CT molecular complexity index is 851. The Balaban J connectivity index is 2.26. The summed E-state index contributed by atoms with van der Waals surface area (Å²) in [6, 6.07) is 3.59. The van der Waals surface area contributed by atoms with E-state index >= 15 is 0 Å². The monoisotopic (exact) mass is 431 g/mol. The fraction of sp³-hybridized carbons (Fsp3) is 0.526. The number of rotatable bonds is 6. The number of hydrogen-bond acceptors (Lipinski definition) is 5. The van der Waals surface area contributed by atoms with Gasteiger partial charge in [-0.15, -0.1) is 0 Å². The van der Waals surface area contributed by atoms with Gasteiger partial charge in [0.15, 0.2) is 11.5 Å². The molecule has 1 atom stereocenters. The summed E-state index contributed by atoms with van der Waals surface area (Å²) in [5, 5.41) is 3.31. The number of methoxy groups -OCH3 is 2. The SMILES string of the molecule is COc1ccc(CCN2C(=O)N[C@](NC(=O)C(C)(C)C)(C(F)(F)F)C2=O)cc1OC. The average molecular weight is 431 g/mol. The Kier molecular flexibility index (Phi) is 6.24. The lowest BCUT2D eigenvalue weighted by molar-refractivity contribution is -0.205. The zero-order valence-electron chi connectivity index (χ0n) is 17.3. The number of imide groups is 1. The molecule has 8 nitrogen and oxygen atoms in total. The molecule has 2 N–H and O–H groups in total. The Hall–Kier alpha value is -2.98. The molecule has 2 rings (SSSR count).